The van der Waals surface area contributed by atoms with Crippen LogP contribution in [0.2, 0.25) is 0 Å². The van der Waals surface area contributed by atoms with E-state index in [4.69, 9.17) is 9.47 Å². The first-order chi connectivity index (χ1) is 16.4. The Morgan fingerprint density at radius 3 is 2.57 bits per heavy atom. The van der Waals surface area contributed by atoms with Crippen molar-refractivity contribution in [3.05, 3.63) is 41.1 Å². The summed E-state index contributed by atoms with van der Waals surface area (Å²) in [6.07, 6.45) is -9.10. The van der Waals surface area contributed by atoms with Gasteiger partial charge in [-0.15, -0.1) is 0 Å². The fraction of sp³-hybridized carbons (Fsp3) is 0.524. The molecule has 14 heteroatoms. The molecule has 2 aliphatic rings. The number of nitrogens with zero attached hydrogens (tertiary/aromatic N) is 2. The zero-order valence-electron chi connectivity index (χ0n) is 18.1. The lowest BCUT2D eigenvalue weighted by Gasteiger charge is -2.26. The molecule has 8 nitrogen and oxygen atoms in total. The van der Waals surface area contributed by atoms with Crippen molar-refractivity contribution in [3.8, 4) is 11.6 Å². The van der Waals surface area contributed by atoms with Crippen LogP contribution < -0.4 is 14.8 Å². The molecule has 0 saturated heterocycles. The van der Waals surface area contributed by atoms with E-state index in [1.807, 2.05) is 0 Å². The molecule has 192 valence electrons. The molecule has 0 fully saturated rings. The van der Waals surface area contributed by atoms with E-state index < -0.39 is 43.6 Å². The maximum atomic E-state index is 12.6. The molecule has 1 aromatic heterocycles. The number of hydrogen-bond donors (Lipinski definition) is 1. The maximum Gasteiger partial charge on any atom is 0.411 e. The van der Waals surface area contributed by atoms with Gasteiger partial charge in [0, 0.05) is 6.07 Å². The third-order valence-electron chi connectivity index (χ3n) is 5.11. The molecule has 0 radical (unpaired) electrons. The molecule has 0 saturated carbocycles. The number of benzene rings is 1. The Hall–Kier alpha value is -3.00. The van der Waals surface area contributed by atoms with Gasteiger partial charge >= 0.3 is 12.4 Å². The molecule has 2 aliphatic heterocycles. The number of carbonyl (C=O) groups is 1. The van der Waals surface area contributed by atoms with Crippen molar-refractivity contribution in [1.82, 2.24) is 15.1 Å². The monoisotopic (exact) mass is 509 g/mol. The number of rotatable bonds is 8. The summed E-state index contributed by atoms with van der Waals surface area (Å²) in [5, 5.41) is 6.91. The third-order valence-corrected chi connectivity index (χ3v) is 5.11. The first-order valence-corrected chi connectivity index (χ1v) is 10.5. The van der Waals surface area contributed by atoms with Crippen LogP contribution in [0, 0.1) is 0 Å². The summed E-state index contributed by atoms with van der Waals surface area (Å²) in [4.78, 5) is 12.6. The fourth-order valence-corrected chi connectivity index (χ4v) is 3.70. The Morgan fingerprint density at radius 1 is 1.11 bits per heavy atom. The van der Waals surface area contributed by atoms with E-state index in [1.165, 1.54) is 10.7 Å². The SMILES string of the molecule is O=C(N[C@H]1COc2ccc(COCC(F)(F)F)cc2C1)c1cc2n(n1)C[C@@H](COCC(F)(F)F)O2. The third kappa shape index (κ3) is 7.01. The van der Waals surface area contributed by atoms with E-state index in [0.717, 1.165) is 0 Å². The molecule has 3 heterocycles. The summed E-state index contributed by atoms with van der Waals surface area (Å²) < 4.78 is 95.1. The number of nitrogens with one attached hydrogen (secondary N) is 1. The second-order valence-electron chi connectivity index (χ2n) is 8.16. The fourth-order valence-electron chi connectivity index (χ4n) is 3.70. The second-order valence-corrected chi connectivity index (χ2v) is 8.16. The summed E-state index contributed by atoms with van der Waals surface area (Å²) in [5.41, 5.74) is 1.32. The van der Waals surface area contributed by atoms with Gasteiger partial charge in [0.15, 0.2) is 5.69 Å². The summed E-state index contributed by atoms with van der Waals surface area (Å²) in [6, 6.07) is 5.90. The van der Waals surface area contributed by atoms with Gasteiger partial charge in [0.1, 0.15) is 31.7 Å². The highest BCUT2D eigenvalue weighted by atomic mass is 19.4. The number of halogens is 6. The van der Waals surface area contributed by atoms with Gasteiger partial charge in [-0.2, -0.15) is 31.4 Å². The van der Waals surface area contributed by atoms with Crippen molar-refractivity contribution in [1.29, 1.82) is 0 Å². The van der Waals surface area contributed by atoms with E-state index in [2.05, 4.69) is 19.9 Å². The van der Waals surface area contributed by atoms with Crippen molar-refractivity contribution in [2.45, 2.75) is 44.1 Å². The Morgan fingerprint density at radius 2 is 1.86 bits per heavy atom. The molecule has 1 amide bonds. The predicted octanol–water partition coefficient (Wildman–Crippen LogP) is 3.04. The first-order valence-electron chi connectivity index (χ1n) is 10.5. The van der Waals surface area contributed by atoms with E-state index >= 15 is 0 Å². The molecule has 0 unspecified atom stereocenters. The quantitative estimate of drug-likeness (QED) is 0.551. The van der Waals surface area contributed by atoms with Gasteiger partial charge in [0.25, 0.3) is 5.91 Å². The molecule has 1 N–H and O–H groups in total. The maximum absolute atomic E-state index is 12.6. The van der Waals surface area contributed by atoms with Gasteiger partial charge in [-0.1, -0.05) is 6.07 Å². The summed E-state index contributed by atoms with van der Waals surface area (Å²) in [5.74, 6) is 0.315. The number of carbonyl (C=O) groups excluding carboxylic acids is 1. The van der Waals surface area contributed by atoms with Crippen LogP contribution in [0.15, 0.2) is 24.3 Å². The van der Waals surface area contributed by atoms with Crippen LogP contribution in [0.25, 0.3) is 0 Å². The summed E-state index contributed by atoms with van der Waals surface area (Å²) >= 11 is 0. The molecule has 4 rings (SSSR count). The number of aromatic nitrogens is 2. The van der Waals surface area contributed by atoms with Crippen molar-refractivity contribution >= 4 is 5.91 Å². The van der Waals surface area contributed by atoms with Crippen LogP contribution in [-0.4, -0.2) is 66.6 Å². The van der Waals surface area contributed by atoms with Crippen LogP contribution in [0.4, 0.5) is 26.3 Å². The van der Waals surface area contributed by atoms with E-state index in [0.29, 0.717) is 23.3 Å². The van der Waals surface area contributed by atoms with Crippen molar-refractivity contribution in [3.63, 3.8) is 0 Å². The van der Waals surface area contributed by atoms with Crippen molar-refractivity contribution in [2.75, 3.05) is 26.4 Å². The lowest BCUT2D eigenvalue weighted by atomic mass is 10.0. The number of ether oxygens (including phenoxy) is 4. The van der Waals surface area contributed by atoms with Gasteiger partial charge in [-0.05, 0) is 29.7 Å². The van der Waals surface area contributed by atoms with Gasteiger partial charge < -0.3 is 24.3 Å². The van der Waals surface area contributed by atoms with Crippen LogP contribution in [0.3, 0.4) is 0 Å². The van der Waals surface area contributed by atoms with E-state index in [1.54, 1.807) is 18.2 Å². The van der Waals surface area contributed by atoms with Crippen LogP contribution in [-0.2, 0) is 29.0 Å². The molecule has 0 aliphatic carbocycles. The highest BCUT2D eigenvalue weighted by Gasteiger charge is 2.32. The normalized spacial score (nSPS) is 19.5. The highest BCUT2D eigenvalue weighted by Crippen LogP contribution is 2.27. The molecule has 2 atom stereocenters. The van der Waals surface area contributed by atoms with Crippen molar-refractivity contribution < 1.29 is 50.1 Å². The molecular weight excluding hydrogens is 488 g/mol. The number of alkyl halides is 6. The minimum absolute atomic E-state index is 0.0646. The number of amides is 1. The average molecular weight is 509 g/mol. The molecule has 2 aromatic rings. The summed E-state index contributed by atoms with van der Waals surface area (Å²) in [6.45, 7) is -2.89. The predicted molar refractivity (Wildman–Crippen MR) is 106 cm³/mol. The van der Waals surface area contributed by atoms with E-state index in [9.17, 15) is 31.1 Å². The first kappa shape index (κ1) is 25.1. The smallest absolute Gasteiger partial charge is 0.411 e. The highest BCUT2D eigenvalue weighted by molar-refractivity contribution is 5.92. The van der Waals surface area contributed by atoms with Gasteiger partial charge in [-0.25, -0.2) is 4.68 Å². The topological polar surface area (TPSA) is 83.8 Å². The molecule has 0 bridgehead atoms. The largest absolute Gasteiger partial charge is 0.491 e. The Balaban J connectivity index is 1.27. The van der Waals surface area contributed by atoms with Crippen LogP contribution in [0.1, 0.15) is 21.6 Å². The van der Waals surface area contributed by atoms with Gasteiger partial charge in [0.2, 0.25) is 5.88 Å². The number of fused-ring (bicyclic) bond motifs is 2. The summed E-state index contributed by atoms with van der Waals surface area (Å²) in [7, 11) is 0. The van der Waals surface area contributed by atoms with E-state index in [-0.39, 0.29) is 37.9 Å². The Labute approximate surface area is 195 Å². The van der Waals surface area contributed by atoms with Gasteiger partial charge in [0.05, 0.1) is 25.8 Å². The van der Waals surface area contributed by atoms with Crippen molar-refractivity contribution in [2.24, 2.45) is 0 Å². The van der Waals surface area contributed by atoms with Crippen LogP contribution in [0.5, 0.6) is 11.6 Å². The zero-order valence-corrected chi connectivity index (χ0v) is 18.1. The van der Waals surface area contributed by atoms with Crippen LogP contribution >= 0.6 is 0 Å². The zero-order chi connectivity index (χ0) is 25.2. The Kier molecular flexibility index (Phi) is 7.12. The average Bonchev–Trinajstić information content (AvgIpc) is 3.30. The Bertz CT molecular complexity index is 1030. The number of hydrogen-bond acceptors (Lipinski definition) is 6. The minimum Gasteiger partial charge on any atom is -0.491 e. The minimum atomic E-state index is -4.43. The standard InChI is InChI=1S/C21H21F6N3O5/c22-20(23,24)10-32-7-12-1-2-17-13(3-12)4-14(8-34-17)28-19(31)16-5-18-30(29-16)6-15(35-18)9-33-11-21(25,26)27/h1-3,5,14-15H,4,6-11H2,(H,28,31)/t14-,15+/m1/s1. The molecule has 35 heavy (non-hydrogen) atoms. The second kappa shape index (κ2) is 9.93. The molecular formula is C21H21F6N3O5. The lowest BCUT2D eigenvalue weighted by molar-refractivity contribution is -0.178. The molecule has 0 spiro atoms. The lowest BCUT2D eigenvalue weighted by Crippen LogP contribution is -2.43. The molecule has 1 aromatic carbocycles. The van der Waals surface area contributed by atoms with Gasteiger partial charge in [-0.3, -0.25) is 4.79 Å².